The molecule has 5 aromatic rings. The summed E-state index contributed by atoms with van der Waals surface area (Å²) in [6.45, 7) is 7.97. The van der Waals surface area contributed by atoms with Gasteiger partial charge in [0.15, 0.2) is 17.1 Å². The van der Waals surface area contributed by atoms with Crippen molar-refractivity contribution >= 4 is 34.0 Å². The molecule has 1 aliphatic rings. The van der Waals surface area contributed by atoms with Gasteiger partial charge in [-0.2, -0.15) is 20.4 Å². The van der Waals surface area contributed by atoms with Crippen molar-refractivity contribution in [2.75, 3.05) is 18.5 Å². The molecule has 5 aromatic heterocycles. The molecule has 1 unspecified atom stereocenters. The van der Waals surface area contributed by atoms with Crippen LogP contribution in [0.25, 0.3) is 22.2 Å². The molecule has 6 heterocycles. The Morgan fingerprint density at radius 1 is 1.16 bits per heavy atom. The van der Waals surface area contributed by atoms with E-state index in [1.165, 1.54) is 0 Å². The Morgan fingerprint density at radius 2 is 1.95 bits per heavy atom. The first-order valence-corrected chi connectivity index (χ1v) is 12.0. The highest BCUT2D eigenvalue weighted by molar-refractivity contribution is 5.81. The van der Waals surface area contributed by atoms with Crippen LogP contribution in [0.2, 0.25) is 0 Å². The van der Waals surface area contributed by atoms with Crippen molar-refractivity contribution < 1.29 is 9.47 Å². The Labute approximate surface area is 212 Å². The minimum Gasteiger partial charge on any atom is -0.454 e. The molecule has 12 heteroatoms. The number of aromatic amines is 1. The molecule has 6 rings (SSSR count). The lowest BCUT2D eigenvalue weighted by Crippen LogP contribution is -2.22. The smallest absolute Gasteiger partial charge is 0.210 e. The zero-order chi connectivity index (χ0) is 25.7. The normalized spacial score (nSPS) is 15.9. The van der Waals surface area contributed by atoms with Gasteiger partial charge in [-0.15, -0.1) is 0 Å². The monoisotopic (exact) mass is 498 g/mol. The van der Waals surface area contributed by atoms with Gasteiger partial charge in [0.2, 0.25) is 5.95 Å². The zero-order valence-corrected chi connectivity index (χ0v) is 21.0. The molecular weight excluding hydrogens is 472 g/mol. The number of anilines is 2. The lowest BCUT2D eigenvalue weighted by Gasteiger charge is -2.22. The van der Waals surface area contributed by atoms with Crippen LogP contribution in [0.1, 0.15) is 44.6 Å². The maximum atomic E-state index is 9.25. The van der Waals surface area contributed by atoms with Crippen molar-refractivity contribution in [2.45, 2.75) is 38.6 Å². The van der Waals surface area contributed by atoms with Crippen molar-refractivity contribution in [2.24, 2.45) is 7.05 Å². The van der Waals surface area contributed by atoms with E-state index < -0.39 is 0 Å². The first kappa shape index (κ1) is 22.9. The Kier molecular flexibility index (Phi) is 5.31. The number of H-pyrrole nitrogens is 1. The van der Waals surface area contributed by atoms with E-state index in [2.05, 4.69) is 68.1 Å². The Bertz CT molecular complexity index is 1660. The highest BCUT2D eigenvalue weighted by Crippen LogP contribution is 2.32. The number of hydrogen-bond acceptors (Lipinski definition) is 9. The average Bonchev–Trinajstić information content (AvgIpc) is 3.65. The number of imidazole rings is 1. The lowest BCUT2D eigenvalue weighted by atomic mass is 9.91. The summed E-state index contributed by atoms with van der Waals surface area (Å²) in [5.41, 5.74) is 3.22. The molecule has 0 amide bonds. The predicted molar refractivity (Wildman–Crippen MR) is 136 cm³/mol. The predicted octanol–water partition coefficient (Wildman–Crippen LogP) is 4.10. The number of nitrogens with zero attached hydrogens (tertiary/aromatic N) is 8. The fourth-order valence-electron chi connectivity index (χ4n) is 4.50. The third-order valence-electron chi connectivity index (χ3n) is 6.44. The molecular formula is C25H26N10O2. The van der Waals surface area contributed by atoms with Crippen LogP contribution in [0.5, 0.6) is 11.5 Å². The number of aromatic nitrogens is 8. The molecule has 1 aliphatic heterocycles. The molecule has 0 spiro atoms. The molecule has 1 saturated heterocycles. The largest absolute Gasteiger partial charge is 0.454 e. The van der Waals surface area contributed by atoms with Crippen LogP contribution in [0.4, 0.5) is 11.8 Å². The fourth-order valence-corrected chi connectivity index (χ4v) is 4.50. The van der Waals surface area contributed by atoms with E-state index in [1.807, 2.05) is 17.7 Å². The summed E-state index contributed by atoms with van der Waals surface area (Å²) in [5, 5.41) is 24.7. The van der Waals surface area contributed by atoms with E-state index in [0.29, 0.717) is 46.4 Å². The van der Waals surface area contributed by atoms with Crippen LogP contribution in [0, 0.1) is 11.3 Å². The molecule has 188 valence electrons. The maximum absolute atomic E-state index is 9.25. The number of nitriles is 1. The summed E-state index contributed by atoms with van der Waals surface area (Å²) < 4.78 is 15.6. The van der Waals surface area contributed by atoms with Crippen molar-refractivity contribution in [3.63, 3.8) is 0 Å². The minimum absolute atomic E-state index is 0.0714. The molecule has 1 fully saturated rings. The van der Waals surface area contributed by atoms with Gasteiger partial charge in [0.1, 0.15) is 23.3 Å². The SMILES string of the molecule is Cn1c(Nc2cc(C(C)(C)C)n(C3CCOC3)n2)nc2ncc(Oc3cnc4n[nH]c(C#N)c4c3)cc21. The number of rotatable bonds is 5. The molecule has 0 radical (unpaired) electrons. The first-order chi connectivity index (χ1) is 17.8. The Balaban J connectivity index is 1.29. The van der Waals surface area contributed by atoms with Crippen molar-refractivity contribution in [3.05, 3.63) is 42.0 Å². The summed E-state index contributed by atoms with van der Waals surface area (Å²) in [6, 6.07) is 7.96. The van der Waals surface area contributed by atoms with E-state index in [1.54, 1.807) is 18.5 Å². The van der Waals surface area contributed by atoms with Crippen LogP contribution in [0.15, 0.2) is 30.6 Å². The molecule has 0 aromatic carbocycles. The quantitative estimate of drug-likeness (QED) is 0.366. The van der Waals surface area contributed by atoms with Gasteiger partial charge in [0.25, 0.3) is 0 Å². The highest BCUT2D eigenvalue weighted by atomic mass is 16.5. The van der Waals surface area contributed by atoms with E-state index in [0.717, 1.165) is 30.1 Å². The standard InChI is InChI=1S/C25H26N10O2/c1-25(2,3)20-9-21(33-35(20)14-5-6-36-13-14)29-24-30-23-19(34(24)4)8-16(12-28-23)37-15-7-17-18(10-26)31-32-22(17)27-11-15/h7-9,11-12,14H,5-6,13H2,1-4H3,(H,27,31,32)(H,28,29,30,33). The van der Waals surface area contributed by atoms with Crippen LogP contribution >= 0.6 is 0 Å². The van der Waals surface area contributed by atoms with Crippen LogP contribution in [-0.2, 0) is 17.2 Å². The molecule has 0 aliphatic carbocycles. The Morgan fingerprint density at radius 3 is 2.68 bits per heavy atom. The first-order valence-electron chi connectivity index (χ1n) is 12.0. The summed E-state index contributed by atoms with van der Waals surface area (Å²) in [4.78, 5) is 13.4. The van der Waals surface area contributed by atoms with Gasteiger partial charge in [-0.05, 0) is 12.5 Å². The third kappa shape index (κ3) is 4.13. The molecule has 12 nitrogen and oxygen atoms in total. The minimum atomic E-state index is -0.0714. The van der Waals surface area contributed by atoms with Crippen molar-refractivity contribution in [1.29, 1.82) is 5.26 Å². The number of aryl methyl sites for hydroxylation is 1. The number of fused-ring (bicyclic) bond motifs is 2. The van der Waals surface area contributed by atoms with Crippen molar-refractivity contribution in [1.82, 2.24) is 39.5 Å². The van der Waals surface area contributed by atoms with Crippen molar-refractivity contribution in [3.8, 4) is 17.6 Å². The number of hydrogen-bond donors (Lipinski definition) is 2. The van der Waals surface area contributed by atoms with Gasteiger partial charge in [0, 0.05) is 36.9 Å². The van der Waals surface area contributed by atoms with Gasteiger partial charge >= 0.3 is 0 Å². The number of pyridine rings is 2. The molecule has 2 N–H and O–H groups in total. The van der Waals surface area contributed by atoms with Crippen LogP contribution in [0.3, 0.4) is 0 Å². The summed E-state index contributed by atoms with van der Waals surface area (Å²) in [5.74, 6) is 2.33. The highest BCUT2D eigenvalue weighted by Gasteiger charge is 2.28. The molecule has 1 atom stereocenters. The van der Waals surface area contributed by atoms with Gasteiger partial charge < -0.3 is 19.4 Å². The molecule has 0 bridgehead atoms. The number of ether oxygens (including phenoxy) is 2. The summed E-state index contributed by atoms with van der Waals surface area (Å²) in [7, 11) is 1.91. The summed E-state index contributed by atoms with van der Waals surface area (Å²) in [6.07, 6.45) is 4.11. The fraction of sp³-hybridized carbons (Fsp3) is 0.360. The van der Waals surface area contributed by atoms with E-state index in [4.69, 9.17) is 14.6 Å². The summed E-state index contributed by atoms with van der Waals surface area (Å²) >= 11 is 0. The van der Waals surface area contributed by atoms with Gasteiger partial charge in [-0.25, -0.2) is 9.97 Å². The van der Waals surface area contributed by atoms with E-state index in [-0.39, 0.29) is 11.5 Å². The molecule has 0 saturated carbocycles. The average molecular weight is 499 g/mol. The third-order valence-corrected chi connectivity index (χ3v) is 6.44. The second-order valence-corrected chi connectivity index (χ2v) is 10.1. The van der Waals surface area contributed by atoms with E-state index >= 15 is 0 Å². The topological polar surface area (TPSA) is 144 Å². The second-order valence-electron chi connectivity index (χ2n) is 10.1. The van der Waals surface area contributed by atoms with E-state index in [9.17, 15) is 5.26 Å². The van der Waals surface area contributed by atoms with Gasteiger partial charge in [0.05, 0.1) is 35.9 Å². The maximum Gasteiger partial charge on any atom is 0.210 e. The second kappa shape index (κ2) is 8.56. The van der Waals surface area contributed by atoms with Crippen LogP contribution < -0.4 is 10.1 Å². The van der Waals surface area contributed by atoms with Crippen LogP contribution in [-0.4, -0.2) is 52.7 Å². The molecule has 37 heavy (non-hydrogen) atoms. The number of nitrogens with one attached hydrogen (secondary N) is 2. The zero-order valence-electron chi connectivity index (χ0n) is 21.0. The Hall–Kier alpha value is -4.50. The van der Waals surface area contributed by atoms with Gasteiger partial charge in [-0.3, -0.25) is 9.78 Å². The van der Waals surface area contributed by atoms with Gasteiger partial charge in [-0.1, -0.05) is 20.8 Å². The lowest BCUT2D eigenvalue weighted by molar-refractivity contribution is 0.183.